The highest BCUT2D eigenvalue weighted by atomic mass is 35.5. The lowest BCUT2D eigenvalue weighted by Gasteiger charge is -2.35. The molecule has 1 amide bonds. The molecule has 5 heteroatoms. The molecular formula is C18H21ClN2O2. The van der Waals surface area contributed by atoms with Gasteiger partial charge in [0.25, 0.3) is 5.91 Å². The normalized spacial score (nSPS) is 13.6. The third kappa shape index (κ3) is 4.45. The zero-order valence-corrected chi connectivity index (χ0v) is 14.3. The summed E-state index contributed by atoms with van der Waals surface area (Å²) in [7, 11) is 0. The lowest BCUT2D eigenvalue weighted by molar-refractivity contribution is -0.605. The Kier molecular flexibility index (Phi) is 5.26. The van der Waals surface area contributed by atoms with Crippen molar-refractivity contribution >= 4 is 17.5 Å². The molecule has 1 aromatic carbocycles. The predicted octanol–water partition coefficient (Wildman–Crippen LogP) is 3.36. The van der Waals surface area contributed by atoms with Crippen molar-refractivity contribution in [3.63, 3.8) is 0 Å². The molecular weight excluding hydrogens is 312 g/mol. The maximum absolute atomic E-state index is 12.5. The van der Waals surface area contributed by atoms with Crippen LogP contribution in [0.25, 0.3) is 0 Å². The average Bonchev–Trinajstić information content (AvgIpc) is 2.49. The molecule has 1 heterocycles. The fourth-order valence-electron chi connectivity index (χ4n) is 2.34. The number of hydrogen-bond donors (Lipinski definition) is 1. The van der Waals surface area contributed by atoms with Crippen LogP contribution in [0.1, 0.15) is 36.7 Å². The number of benzene rings is 1. The third-order valence-electron chi connectivity index (χ3n) is 4.20. The first-order chi connectivity index (χ1) is 10.8. The number of nitrogens with one attached hydrogen (secondary N) is 1. The molecule has 23 heavy (non-hydrogen) atoms. The van der Waals surface area contributed by atoms with Crippen molar-refractivity contribution in [1.29, 1.82) is 0 Å². The van der Waals surface area contributed by atoms with Crippen LogP contribution < -0.4 is 10.0 Å². The highest BCUT2D eigenvalue weighted by Crippen LogP contribution is 2.23. The van der Waals surface area contributed by atoms with Gasteiger partial charge in [0.2, 0.25) is 0 Å². The quantitative estimate of drug-likeness (QED) is 0.674. The Morgan fingerprint density at radius 2 is 1.96 bits per heavy atom. The van der Waals surface area contributed by atoms with Gasteiger partial charge in [-0.1, -0.05) is 37.6 Å². The molecule has 122 valence electrons. The molecule has 4 nitrogen and oxygen atoms in total. The molecule has 2 aromatic rings. The van der Waals surface area contributed by atoms with Gasteiger partial charge in [0.05, 0.1) is 0 Å². The van der Waals surface area contributed by atoms with Crippen LogP contribution in [-0.4, -0.2) is 11.4 Å². The summed E-state index contributed by atoms with van der Waals surface area (Å²) >= 11 is 5.92. The van der Waals surface area contributed by atoms with Crippen LogP contribution in [0.5, 0.6) is 0 Å². The number of hydrogen-bond acceptors (Lipinski definition) is 2. The number of nitrogens with zero attached hydrogens (tertiary/aromatic N) is 1. The summed E-state index contributed by atoms with van der Waals surface area (Å²) in [6.45, 7) is 6.14. The maximum atomic E-state index is 12.5. The first-order valence-electron chi connectivity index (χ1n) is 7.56. The lowest BCUT2D eigenvalue weighted by Crippen LogP contribution is -2.51. The molecule has 0 fully saturated rings. The zero-order chi connectivity index (χ0) is 17.0. The van der Waals surface area contributed by atoms with Gasteiger partial charge in [-0.05, 0) is 43.0 Å². The number of carbonyl (C=O) groups excluding carboxylic acids is 1. The standard InChI is InChI=1S/C18H21ClN2O2/c1-13(2)18(3,11-14-6-8-16(19)9-7-14)20-17(22)15-5-4-10-21(23)12-15/h4-10,12-13H,11H2,1-3H3,(H,20,22). The van der Waals surface area contributed by atoms with E-state index >= 15 is 0 Å². The number of rotatable bonds is 5. The van der Waals surface area contributed by atoms with Crippen LogP contribution in [0, 0.1) is 11.1 Å². The molecule has 0 saturated heterocycles. The van der Waals surface area contributed by atoms with E-state index in [2.05, 4.69) is 19.2 Å². The van der Waals surface area contributed by atoms with Gasteiger partial charge in [-0.3, -0.25) is 4.79 Å². The smallest absolute Gasteiger partial charge is 0.257 e. The van der Waals surface area contributed by atoms with Gasteiger partial charge in [0, 0.05) is 16.6 Å². The van der Waals surface area contributed by atoms with Gasteiger partial charge in [0.1, 0.15) is 5.56 Å². The van der Waals surface area contributed by atoms with Crippen molar-refractivity contribution in [3.8, 4) is 0 Å². The molecule has 0 radical (unpaired) electrons. The molecule has 1 atom stereocenters. The topological polar surface area (TPSA) is 56.0 Å². The van der Waals surface area contributed by atoms with Crippen molar-refractivity contribution in [2.75, 3.05) is 0 Å². The average molecular weight is 333 g/mol. The van der Waals surface area contributed by atoms with Crippen molar-refractivity contribution in [1.82, 2.24) is 5.32 Å². The Morgan fingerprint density at radius 3 is 2.52 bits per heavy atom. The molecule has 0 aliphatic rings. The number of halogens is 1. The minimum Gasteiger partial charge on any atom is -0.619 e. The van der Waals surface area contributed by atoms with Gasteiger partial charge in [-0.15, -0.1) is 0 Å². The van der Waals surface area contributed by atoms with E-state index in [0.717, 1.165) is 5.56 Å². The SMILES string of the molecule is CC(C)C(C)(Cc1ccc(Cl)cc1)NC(=O)c1ccc[n+]([O-])c1. The second-order valence-corrected chi connectivity index (χ2v) is 6.72. The van der Waals surface area contributed by atoms with E-state index in [1.54, 1.807) is 12.1 Å². The summed E-state index contributed by atoms with van der Waals surface area (Å²) in [5, 5.41) is 15.1. The molecule has 1 unspecified atom stereocenters. The van der Waals surface area contributed by atoms with E-state index in [-0.39, 0.29) is 11.8 Å². The summed E-state index contributed by atoms with van der Waals surface area (Å²) in [5.74, 6) is -0.0365. The highest BCUT2D eigenvalue weighted by Gasteiger charge is 2.31. The summed E-state index contributed by atoms with van der Waals surface area (Å²) in [6, 6.07) is 10.8. The highest BCUT2D eigenvalue weighted by molar-refractivity contribution is 6.30. The third-order valence-corrected chi connectivity index (χ3v) is 4.45. The molecule has 2 rings (SSSR count). The Balaban J connectivity index is 2.19. The largest absolute Gasteiger partial charge is 0.619 e. The van der Waals surface area contributed by atoms with Crippen LogP contribution in [0.4, 0.5) is 0 Å². The summed E-state index contributed by atoms with van der Waals surface area (Å²) in [5.41, 5.74) is 1.01. The summed E-state index contributed by atoms with van der Waals surface area (Å²) in [6.07, 6.45) is 3.31. The zero-order valence-electron chi connectivity index (χ0n) is 13.5. The van der Waals surface area contributed by atoms with Gasteiger partial charge < -0.3 is 10.5 Å². The predicted molar refractivity (Wildman–Crippen MR) is 91.3 cm³/mol. The van der Waals surface area contributed by atoms with Crippen LogP contribution in [0.2, 0.25) is 5.02 Å². The molecule has 0 bridgehead atoms. The fourth-order valence-corrected chi connectivity index (χ4v) is 2.47. The minimum absolute atomic E-state index is 0.213. The van der Waals surface area contributed by atoms with Crippen molar-refractivity contribution in [2.24, 2.45) is 5.92 Å². The number of carbonyl (C=O) groups is 1. The Labute approximate surface area is 141 Å². The summed E-state index contributed by atoms with van der Waals surface area (Å²) < 4.78 is 0.626. The Morgan fingerprint density at radius 1 is 1.30 bits per heavy atom. The molecule has 0 spiro atoms. The monoisotopic (exact) mass is 332 g/mol. The van der Waals surface area contributed by atoms with Gasteiger partial charge in [0.15, 0.2) is 12.4 Å². The Bertz CT molecular complexity index is 686. The molecule has 0 aliphatic heterocycles. The molecule has 0 saturated carbocycles. The van der Waals surface area contributed by atoms with Gasteiger partial charge in [-0.25, -0.2) is 0 Å². The van der Waals surface area contributed by atoms with E-state index in [9.17, 15) is 10.0 Å². The van der Waals surface area contributed by atoms with E-state index in [4.69, 9.17) is 11.6 Å². The van der Waals surface area contributed by atoms with Crippen molar-refractivity contribution < 1.29 is 9.52 Å². The Hall–Kier alpha value is -2.07. The van der Waals surface area contributed by atoms with E-state index in [0.29, 0.717) is 21.7 Å². The fraction of sp³-hybridized carbons (Fsp3) is 0.333. The van der Waals surface area contributed by atoms with Gasteiger partial charge in [-0.2, -0.15) is 4.73 Å². The maximum Gasteiger partial charge on any atom is 0.257 e. The minimum atomic E-state index is -0.436. The van der Waals surface area contributed by atoms with E-state index in [1.807, 2.05) is 31.2 Å². The lowest BCUT2D eigenvalue weighted by atomic mass is 9.82. The molecule has 1 aromatic heterocycles. The number of aromatic nitrogens is 1. The van der Waals surface area contributed by atoms with Crippen LogP contribution in [0.15, 0.2) is 48.8 Å². The van der Waals surface area contributed by atoms with E-state index in [1.165, 1.54) is 12.4 Å². The van der Waals surface area contributed by atoms with Crippen LogP contribution in [0.3, 0.4) is 0 Å². The van der Waals surface area contributed by atoms with E-state index < -0.39 is 5.54 Å². The van der Waals surface area contributed by atoms with Crippen LogP contribution in [-0.2, 0) is 6.42 Å². The second kappa shape index (κ2) is 7.01. The first kappa shape index (κ1) is 17.3. The second-order valence-electron chi connectivity index (χ2n) is 6.28. The molecule has 0 aliphatic carbocycles. The summed E-state index contributed by atoms with van der Waals surface area (Å²) in [4.78, 5) is 12.5. The van der Waals surface area contributed by atoms with Crippen molar-refractivity contribution in [3.05, 3.63) is 70.1 Å². The van der Waals surface area contributed by atoms with Crippen molar-refractivity contribution in [2.45, 2.75) is 32.7 Å². The number of pyridine rings is 1. The first-order valence-corrected chi connectivity index (χ1v) is 7.94. The molecule has 1 N–H and O–H groups in total. The van der Waals surface area contributed by atoms with Gasteiger partial charge >= 0.3 is 0 Å². The van der Waals surface area contributed by atoms with Crippen LogP contribution >= 0.6 is 11.6 Å². The number of amides is 1.